The molecule has 0 unspecified atom stereocenters. The number of hydrogen-bond acceptors (Lipinski definition) is 2. The number of carbonyl (C=O) groups is 2. The first kappa shape index (κ1) is 11.0. The maximum atomic E-state index is 10.7. The van der Waals surface area contributed by atoms with Gasteiger partial charge in [-0.3, -0.25) is 4.79 Å². The van der Waals surface area contributed by atoms with Crippen molar-refractivity contribution >= 4 is 31.5 Å². The summed E-state index contributed by atoms with van der Waals surface area (Å²) in [5.74, 6) is -2.29. The number of carbonyl (C=O) groups excluding carboxylic acids is 1. The number of benzene rings is 1. The molecule has 62 valence electrons. The van der Waals surface area contributed by atoms with Gasteiger partial charge in [-0.15, -0.1) is 0 Å². The van der Waals surface area contributed by atoms with Gasteiger partial charge in [0, 0.05) is 5.56 Å². The van der Waals surface area contributed by atoms with Gasteiger partial charge in [0.1, 0.15) is 0 Å². The Morgan fingerprint density at radius 2 is 1.58 bits per heavy atom. The van der Waals surface area contributed by atoms with Gasteiger partial charge in [0.25, 0.3) is 5.78 Å². The Kier molecular flexibility index (Phi) is 4.39. The quantitative estimate of drug-likeness (QED) is 0.428. The predicted octanol–water partition coefficient (Wildman–Crippen LogP) is -0.230. The van der Waals surface area contributed by atoms with Crippen LogP contribution in [0.4, 0.5) is 0 Å². The molecule has 0 heterocycles. The Morgan fingerprint density at radius 3 is 2.00 bits per heavy atom. The van der Waals surface area contributed by atoms with Crippen LogP contribution in [0, 0.1) is 0 Å². The fourth-order valence-corrected chi connectivity index (χ4v) is 0.713. The zero-order chi connectivity index (χ0) is 8.27. The van der Waals surface area contributed by atoms with Gasteiger partial charge in [-0.1, -0.05) is 30.3 Å². The molecule has 0 amide bonds. The van der Waals surface area contributed by atoms with E-state index in [1.807, 2.05) is 0 Å². The molecule has 0 saturated carbocycles. The third-order valence-corrected chi connectivity index (χ3v) is 1.23. The number of aliphatic carboxylic acids is 1. The van der Waals surface area contributed by atoms with Gasteiger partial charge in [0.05, 0.1) is 0 Å². The Bertz CT molecular complexity index is 282. The number of Topliss-reactive ketones (excluding diaryl/α,β-unsaturated/α-hetero) is 1. The Hall–Kier alpha value is -1.00. The molecule has 0 aromatic heterocycles. The van der Waals surface area contributed by atoms with Crippen molar-refractivity contribution in [1.29, 1.82) is 0 Å². The number of carboxylic acid groups (broad SMARTS) is 1. The predicted molar refractivity (Wildman–Crippen MR) is 48.3 cm³/mol. The summed E-state index contributed by atoms with van der Waals surface area (Å²) in [7, 11) is 0. The second-order valence-corrected chi connectivity index (χ2v) is 2.00. The van der Waals surface area contributed by atoms with E-state index in [1.54, 1.807) is 18.2 Å². The summed E-state index contributed by atoms with van der Waals surface area (Å²) in [4.78, 5) is 20.9. The van der Waals surface area contributed by atoms with Crippen LogP contribution in [-0.4, -0.2) is 36.6 Å². The van der Waals surface area contributed by atoms with Crippen LogP contribution in [0.25, 0.3) is 0 Å². The summed E-state index contributed by atoms with van der Waals surface area (Å²) in [5.41, 5.74) is 0.208. The van der Waals surface area contributed by atoms with E-state index in [0.717, 1.165) is 0 Å². The minimum atomic E-state index is -1.42. The summed E-state index contributed by atoms with van der Waals surface area (Å²) in [6, 6.07) is 7.90. The standard InChI is InChI=1S/C8H6O3.Ga.3H/c9-7(8(10)11)6-4-2-1-3-5-6;;;;/h1-5H,(H,10,11);;;;. The van der Waals surface area contributed by atoms with Crippen molar-refractivity contribution in [1.82, 2.24) is 0 Å². The number of hydrogen-bond donors (Lipinski definition) is 1. The Morgan fingerprint density at radius 1 is 1.08 bits per heavy atom. The van der Waals surface area contributed by atoms with E-state index in [1.165, 1.54) is 12.1 Å². The van der Waals surface area contributed by atoms with E-state index >= 15 is 0 Å². The normalized spacial score (nSPS) is 8.33. The first-order valence-corrected chi connectivity index (χ1v) is 3.04. The van der Waals surface area contributed by atoms with Crippen LogP contribution in [-0.2, 0) is 4.79 Å². The van der Waals surface area contributed by atoms with Gasteiger partial charge in [0.15, 0.2) is 0 Å². The molecule has 3 nitrogen and oxygen atoms in total. The molecule has 1 aromatic carbocycles. The van der Waals surface area contributed by atoms with Gasteiger partial charge in [0.2, 0.25) is 0 Å². The van der Waals surface area contributed by atoms with Crippen LogP contribution in [0.2, 0.25) is 0 Å². The average molecular weight is 223 g/mol. The molecule has 4 heteroatoms. The first-order chi connectivity index (χ1) is 5.22. The molecular weight excluding hydrogens is 214 g/mol. The van der Waals surface area contributed by atoms with Gasteiger partial charge < -0.3 is 5.11 Å². The second kappa shape index (κ2) is 4.79. The zero-order valence-electron chi connectivity index (χ0n) is 5.65. The number of rotatable bonds is 2. The summed E-state index contributed by atoms with van der Waals surface area (Å²) < 4.78 is 0. The minimum absolute atomic E-state index is 0. The molecule has 0 fully saturated rings. The SMILES string of the molecule is O=C(O)C(=O)c1ccccc1.[GaH3]. The van der Waals surface area contributed by atoms with Crippen molar-refractivity contribution in [3.63, 3.8) is 0 Å². The third-order valence-electron chi connectivity index (χ3n) is 1.23. The molecule has 0 aliphatic carbocycles. The fraction of sp³-hybridized carbons (Fsp3) is 0. The van der Waals surface area contributed by atoms with Crippen LogP contribution in [0.15, 0.2) is 30.3 Å². The molecule has 0 saturated heterocycles. The molecule has 0 aliphatic rings. The van der Waals surface area contributed by atoms with Crippen LogP contribution in [0.5, 0.6) is 0 Å². The average Bonchev–Trinajstić information content (AvgIpc) is 2.05. The van der Waals surface area contributed by atoms with E-state index in [2.05, 4.69) is 0 Å². The monoisotopic (exact) mass is 222 g/mol. The molecule has 0 atom stereocenters. The van der Waals surface area contributed by atoms with Crippen molar-refractivity contribution in [3.8, 4) is 0 Å². The zero-order valence-corrected chi connectivity index (χ0v) is 5.65. The number of ketones is 1. The maximum absolute atomic E-state index is 10.7. The van der Waals surface area contributed by atoms with Gasteiger partial charge in [-0.25, -0.2) is 4.79 Å². The molecule has 1 N–H and O–H groups in total. The van der Waals surface area contributed by atoms with Crippen molar-refractivity contribution in [2.24, 2.45) is 0 Å². The van der Waals surface area contributed by atoms with Gasteiger partial charge >= 0.3 is 25.8 Å². The van der Waals surface area contributed by atoms with E-state index in [4.69, 9.17) is 5.11 Å². The van der Waals surface area contributed by atoms with Gasteiger partial charge in [-0.05, 0) is 0 Å². The van der Waals surface area contributed by atoms with Crippen LogP contribution in [0.3, 0.4) is 0 Å². The van der Waals surface area contributed by atoms with E-state index < -0.39 is 11.8 Å². The fourth-order valence-electron chi connectivity index (χ4n) is 0.713. The van der Waals surface area contributed by atoms with Crippen LogP contribution < -0.4 is 0 Å². The molecule has 0 bridgehead atoms. The van der Waals surface area contributed by atoms with E-state index in [-0.39, 0.29) is 25.4 Å². The Balaban J connectivity index is 0.00000121. The molecule has 0 radical (unpaired) electrons. The first-order valence-electron chi connectivity index (χ1n) is 3.04. The third kappa shape index (κ3) is 2.56. The molecule has 1 rings (SSSR count). The van der Waals surface area contributed by atoms with E-state index in [9.17, 15) is 9.59 Å². The van der Waals surface area contributed by atoms with Crippen LogP contribution in [0.1, 0.15) is 10.4 Å². The summed E-state index contributed by atoms with van der Waals surface area (Å²) >= 11 is 0. The molecule has 0 aliphatic heterocycles. The Labute approximate surface area is 82.5 Å². The van der Waals surface area contributed by atoms with Crippen molar-refractivity contribution in [2.75, 3.05) is 0 Å². The summed E-state index contributed by atoms with van der Waals surface area (Å²) in [5, 5.41) is 8.29. The molecule has 12 heavy (non-hydrogen) atoms. The van der Waals surface area contributed by atoms with Crippen molar-refractivity contribution in [3.05, 3.63) is 35.9 Å². The topological polar surface area (TPSA) is 54.4 Å². The molecule has 0 spiro atoms. The number of carboxylic acids is 1. The van der Waals surface area contributed by atoms with Gasteiger partial charge in [-0.2, -0.15) is 0 Å². The van der Waals surface area contributed by atoms with Crippen molar-refractivity contribution in [2.45, 2.75) is 0 Å². The van der Waals surface area contributed by atoms with E-state index in [0.29, 0.717) is 0 Å². The van der Waals surface area contributed by atoms with Crippen LogP contribution >= 0.6 is 0 Å². The summed E-state index contributed by atoms with van der Waals surface area (Å²) in [6.07, 6.45) is 0. The molecule has 1 aromatic rings. The van der Waals surface area contributed by atoms with Crippen molar-refractivity contribution < 1.29 is 14.7 Å². The molecular formula is C8H9GaO3. The summed E-state index contributed by atoms with van der Waals surface area (Å²) in [6.45, 7) is 0. The second-order valence-electron chi connectivity index (χ2n) is 2.00.